The number of aryl methyl sites for hydroxylation is 1. The molecule has 2 N–H and O–H groups in total. The van der Waals surface area contributed by atoms with Gasteiger partial charge in [0.15, 0.2) is 0 Å². The lowest BCUT2D eigenvalue weighted by Gasteiger charge is -1.98. The molecular weight excluding hydrogens is 224 g/mol. The molecule has 2 aromatic heterocycles. The van der Waals surface area contributed by atoms with E-state index in [0.717, 1.165) is 17.1 Å². The number of nitrogens with zero attached hydrogens (tertiary/aromatic N) is 1. The fourth-order valence-electron chi connectivity index (χ4n) is 1.37. The van der Waals surface area contributed by atoms with Crippen molar-refractivity contribution in [3.63, 3.8) is 0 Å². The lowest BCUT2D eigenvalue weighted by molar-refractivity contribution is 0.734. The summed E-state index contributed by atoms with van der Waals surface area (Å²) in [6, 6.07) is 4.45. The van der Waals surface area contributed by atoms with Gasteiger partial charge in [0.05, 0.1) is 15.6 Å². The van der Waals surface area contributed by atoms with E-state index >= 15 is 0 Å². The Labute approximate surface area is 97.8 Å². The predicted octanol–water partition coefficient (Wildman–Crippen LogP) is 3.07. The van der Waals surface area contributed by atoms with E-state index in [1.165, 1.54) is 9.75 Å². The van der Waals surface area contributed by atoms with Crippen molar-refractivity contribution in [3.05, 3.63) is 27.4 Å². The minimum atomic E-state index is 0.189. The molecule has 0 fully saturated rings. The molecule has 15 heavy (non-hydrogen) atoms. The van der Waals surface area contributed by atoms with Crippen LogP contribution >= 0.6 is 22.7 Å². The van der Waals surface area contributed by atoms with E-state index in [4.69, 9.17) is 5.73 Å². The van der Waals surface area contributed by atoms with Gasteiger partial charge >= 0.3 is 0 Å². The van der Waals surface area contributed by atoms with E-state index in [2.05, 4.69) is 29.4 Å². The first-order valence-corrected chi connectivity index (χ1v) is 6.61. The molecule has 0 amide bonds. The summed E-state index contributed by atoms with van der Waals surface area (Å²) in [4.78, 5) is 7.16. The minimum Gasteiger partial charge on any atom is -0.328 e. The Balaban J connectivity index is 2.20. The second-order valence-corrected chi connectivity index (χ2v) is 5.95. The minimum absolute atomic E-state index is 0.189. The summed E-state index contributed by atoms with van der Waals surface area (Å²) in [5.74, 6) is 0. The second-order valence-electron chi connectivity index (χ2n) is 3.72. The molecule has 0 bridgehead atoms. The van der Waals surface area contributed by atoms with Gasteiger partial charge in [-0.3, -0.25) is 0 Å². The molecular formula is C11H14N2S2. The molecule has 0 spiro atoms. The van der Waals surface area contributed by atoms with Crippen LogP contribution in [0.3, 0.4) is 0 Å². The number of thiazole rings is 1. The molecule has 0 aliphatic carbocycles. The van der Waals surface area contributed by atoms with Gasteiger partial charge in [0.25, 0.3) is 0 Å². The number of hydrogen-bond donors (Lipinski definition) is 1. The quantitative estimate of drug-likeness (QED) is 0.892. The first kappa shape index (κ1) is 10.8. The van der Waals surface area contributed by atoms with Gasteiger partial charge in [0.2, 0.25) is 0 Å². The molecule has 0 aliphatic heterocycles. The van der Waals surface area contributed by atoms with Crippen LogP contribution in [0.4, 0.5) is 0 Å². The van der Waals surface area contributed by atoms with E-state index in [0.29, 0.717) is 0 Å². The highest BCUT2D eigenvalue weighted by atomic mass is 32.1. The first-order valence-electron chi connectivity index (χ1n) is 4.92. The highest BCUT2D eigenvalue weighted by molar-refractivity contribution is 7.16. The molecule has 0 saturated heterocycles. The van der Waals surface area contributed by atoms with Crippen molar-refractivity contribution < 1.29 is 0 Å². The Morgan fingerprint density at radius 3 is 2.87 bits per heavy atom. The third-order valence-electron chi connectivity index (χ3n) is 2.04. The smallest absolute Gasteiger partial charge is 0.0948 e. The Kier molecular flexibility index (Phi) is 3.19. The van der Waals surface area contributed by atoms with Crippen molar-refractivity contribution in [1.29, 1.82) is 0 Å². The van der Waals surface area contributed by atoms with E-state index in [-0.39, 0.29) is 6.04 Å². The van der Waals surface area contributed by atoms with Gasteiger partial charge < -0.3 is 5.73 Å². The van der Waals surface area contributed by atoms with Gasteiger partial charge in [-0.25, -0.2) is 4.98 Å². The molecule has 80 valence electrons. The monoisotopic (exact) mass is 238 g/mol. The molecule has 0 aromatic carbocycles. The van der Waals surface area contributed by atoms with Crippen molar-refractivity contribution >= 4 is 22.7 Å². The Hall–Kier alpha value is -0.710. The SMILES string of the molecule is Cc1ccc(-c2csc(CC(C)N)n2)s1. The van der Waals surface area contributed by atoms with Gasteiger partial charge in [-0.15, -0.1) is 22.7 Å². The largest absolute Gasteiger partial charge is 0.328 e. The molecule has 1 unspecified atom stereocenters. The van der Waals surface area contributed by atoms with Gasteiger partial charge in [-0.2, -0.15) is 0 Å². The summed E-state index contributed by atoms with van der Waals surface area (Å²) in [5, 5.41) is 3.24. The van der Waals surface area contributed by atoms with Crippen molar-refractivity contribution in [2.24, 2.45) is 5.73 Å². The molecule has 2 rings (SSSR count). The van der Waals surface area contributed by atoms with Gasteiger partial charge in [-0.1, -0.05) is 0 Å². The summed E-state index contributed by atoms with van der Waals surface area (Å²) >= 11 is 3.48. The number of hydrogen-bond acceptors (Lipinski definition) is 4. The predicted molar refractivity (Wildman–Crippen MR) is 67.5 cm³/mol. The maximum absolute atomic E-state index is 5.75. The zero-order chi connectivity index (χ0) is 10.8. The van der Waals surface area contributed by atoms with Crippen molar-refractivity contribution in [3.8, 4) is 10.6 Å². The molecule has 0 aliphatic rings. The lowest BCUT2D eigenvalue weighted by Crippen LogP contribution is -2.17. The Morgan fingerprint density at radius 2 is 2.27 bits per heavy atom. The van der Waals surface area contributed by atoms with E-state index in [1.807, 2.05) is 6.92 Å². The standard InChI is InChI=1S/C11H14N2S2/c1-7(12)5-11-13-9(6-14-11)10-4-3-8(2)15-10/h3-4,6-7H,5,12H2,1-2H3. The van der Waals surface area contributed by atoms with E-state index in [1.54, 1.807) is 22.7 Å². The van der Waals surface area contributed by atoms with Crippen LogP contribution in [-0.2, 0) is 6.42 Å². The third-order valence-corrected chi connectivity index (χ3v) is 3.94. The van der Waals surface area contributed by atoms with E-state index in [9.17, 15) is 0 Å². The summed E-state index contributed by atoms with van der Waals surface area (Å²) in [7, 11) is 0. The second kappa shape index (κ2) is 4.43. The van der Waals surface area contributed by atoms with E-state index < -0.39 is 0 Å². The Morgan fingerprint density at radius 1 is 1.47 bits per heavy atom. The van der Waals surface area contributed by atoms with Crippen LogP contribution in [0, 0.1) is 6.92 Å². The zero-order valence-electron chi connectivity index (χ0n) is 8.86. The van der Waals surface area contributed by atoms with Crippen LogP contribution in [-0.4, -0.2) is 11.0 Å². The molecule has 2 aromatic rings. The topological polar surface area (TPSA) is 38.9 Å². The van der Waals surface area contributed by atoms with Gasteiger partial charge in [0.1, 0.15) is 0 Å². The summed E-state index contributed by atoms with van der Waals surface area (Å²) in [6.07, 6.45) is 0.870. The van der Waals surface area contributed by atoms with Crippen LogP contribution in [0.25, 0.3) is 10.6 Å². The molecule has 0 saturated carbocycles. The summed E-state index contributed by atoms with van der Waals surface area (Å²) in [6.45, 7) is 4.12. The summed E-state index contributed by atoms with van der Waals surface area (Å²) in [5.41, 5.74) is 6.84. The normalized spacial score (nSPS) is 13.0. The van der Waals surface area contributed by atoms with Gasteiger partial charge in [0, 0.05) is 22.7 Å². The van der Waals surface area contributed by atoms with Crippen LogP contribution in [0.5, 0.6) is 0 Å². The average molecular weight is 238 g/mol. The third kappa shape index (κ3) is 2.65. The van der Waals surface area contributed by atoms with Gasteiger partial charge in [-0.05, 0) is 26.0 Å². The number of thiophene rings is 1. The highest BCUT2D eigenvalue weighted by Gasteiger charge is 2.07. The highest BCUT2D eigenvalue weighted by Crippen LogP contribution is 2.28. The fourth-order valence-corrected chi connectivity index (χ4v) is 3.21. The number of nitrogens with two attached hydrogens (primary N) is 1. The van der Waals surface area contributed by atoms with Crippen LogP contribution in [0.2, 0.25) is 0 Å². The van der Waals surface area contributed by atoms with Crippen molar-refractivity contribution in [2.75, 3.05) is 0 Å². The van der Waals surface area contributed by atoms with Crippen LogP contribution in [0.15, 0.2) is 17.5 Å². The first-order chi connectivity index (χ1) is 7.15. The molecule has 4 heteroatoms. The fraction of sp³-hybridized carbons (Fsp3) is 0.364. The molecule has 2 heterocycles. The van der Waals surface area contributed by atoms with Crippen molar-refractivity contribution in [2.45, 2.75) is 26.3 Å². The number of rotatable bonds is 3. The summed E-state index contributed by atoms with van der Waals surface area (Å²) < 4.78 is 0. The zero-order valence-corrected chi connectivity index (χ0v) is 10.5. The molecule has 2 nitrogen and oxygen atoms in total. The Bertz CT molecular complexity index is 443. The maximum Gasteiger partial charge on any atom is 0.0948 e. The van der Waals surface area contributed by atoms with Crippen LogP contribution in [0.1, 0.15) is 16.8 Å². The van der Waals surface area contributed by atoms with Crippen molar-refractivity contribution in [1.82, 2.24) is 4.98 Å². The number of aromatic nitrogens is 1. The van der Waals surface area contributed by atoms with Crippen LogP contribution < -0.4 is 5.73 Å². The molecule has 0 radical (unpaired) electrons. The average Bonchev–Trinajstić information content (AvgIpc) is 2.72. The molecule has 1 atom stereocenters. The lowest BCUT2D eigenvalue weighted by atomic mass is 10.3. The maximum atomic E-state index is 5.75.